The second-order valence-corrected chi connectivity index (χ2v) is 39.9. The Morgan fingerprint density at radius 2 is 0.230 bits per heavy atom. The quantitative estimate of drug-likeness (QED) is 0.0952. The highest BCUT2D eigenvalue weighted by atomic mass is 14.3. The van der Waals surface area contributed by atoms with Crippen molar-refractivity contribution in [1.82, 2.24) is 0 Å². The predicted octanol–water partition coefficient (Wildman–Crippen LogP) is 41.7. The molecule has 0 N–H and O–H groups in total. The summed E-state index contributed by atoms with van der Waals surface area (Å²) in [6, 6.07) is 208. The van der Waals surface area contributed by atoms with Gasteiger partial charge in [-0.1, -0.05) is 497 Å². The molecule has 684 valence electrons. The zero-order chi connectivity index (χ0) is 97.4. The van der Waals surface area contributed by atoms with E-state index >= 15 is 0 Å². The van der Waals surface area contributed by atoms with Crippen LogP contribution in [0.5, 0.6) is 0 Å². The molecular formula is C148H92. The molecule has 30 aromatic carbocycles. The third-order valence-corrected chi connectivity index (χ3v) is 31.6. The molecule has 0 aliphatic rings. The zero-order valence-electron chi connectivity index (χ0n) is 81.1. The van der Waals surface area contributed by atoms with E-state index in [0.717, 1.165) is 0 Å². The first kappa shape index (κ1) is 85.5. The lowest BCUT2D eigenvalue weighted by atomic mass is 9.80. The van der Waals surface area contributed by atoms with Gasteiger partial charge in [0.15, 0.2) is 0 Å². The Morgan fingerprint density at radius 3 is 0.480 bits per heavy atom. The van der Waals surface area contributed by atoms with Gasteiger partial charge < -0.3 is 0 Å². The highest BCUT2D eigenvalue weighted by Gasteiger charge is 2.27. The highest BCUT2D eigenvalue weighted by molar-refractivity contribution is 6.35. The molecule has 0 amide bonds. The average molecular weight is 1870 g/mol. The van der Waals surface area contributed by atoms with Crippen molar-refractivity contribution < 1.29 is 0 Å². The van der Waals surface area contributed by atoms with Gasteiger partial charge in [0.25, 0.3) is 0 Å². The molecule has 0 nitrogen and oxygen atoms in total. The van der Waals surface area contributed by atoms with E-state index in [-0.39, 0.29) is 0 Å². The van der Waals surface area contributed by atoms with E-state index in [1.807, 2.05) is 0 Å². The van der Waals surface area contributed by atoms with E-state index in [1.165, 1.54) is 307 Å². The van der Waals surface area contributed by atoms with Crippen molar-refractivity contribution in [3.05, 3.63) is 558 Å². The van der Waals surface area contributed by atoms with Gasteiger partial charge in [0.1, 0.15) is 0 Å². The first-order valence-corrected chi connectivity index (χ1v) is 51.4. The molecule has 30 aromatic rings. The third-order valence-electron chi connectivity index (χ3n) is 31.6. The van der Waals surface area contributed by atoms with Gasteiger partial charge in [-0.05, 0) is 367 Å². The maximum absolute atomic E-state index is 2.49. The highest BCUT2D eigenvalue weighted by Crippen LogP contribution is 2.55. The molecule has 0 fully saturated rings. The van der Waals surface area contributed by atoms with Gasteiger partial charge in [-0.25, -0.2) is 0 Å². The van der Waals surface area contributed by atoms with Gasteiger partial charge in [0, 0.05) is 0 Å². The molecule has 0 spiro atoms. The van der Waals surface area contributed by atoms with Crippen LogP contribution in [0.15, 0.2) is 558 Å². The molecule has 0 atom stereocenters. The van der Waals surface area contributed by atoms with Crippen molar-refractivity contribution in [3.8, 4) is 156 Å². The van der Waals surface area contributed by atoms with Crippen LogP contribution in [-0.4, -0.2) is 0 Å². The van der Waals surface area contributed by atoms with Crippen LogP contribution in [0, 0.1) is 0 Å². The SMILES string of the molecule is c1ccc(-c2ccc(-c3cc(-c4ccc(-c5ccc6ccccc6c5)cc4)c4ccc5c(-c6ccc(-c7ccccc7)c7ccccc67)cc(-c6ccc(-c7ccc8ccccc8c7)cc6)c6ccc3c4c65)c3ccccc23)cc1.c1ccc2cc(-c3ccc(-c4cc(-c5ccc6ccccc6c5)c5ccc6c(-c7ccc(-c8ccc9ccccc9c8)cc7)cc(-c7ccc8ccccc8c7)c7ccc4c5c67)cc3)ccc2c1. The number of benzene rings is 30. The van der Waals surface area contributed by atoms with Crippen molar-refractivity contribution in [1.29, 1.82) is 0 Å². The minimum Gasteiger partial charge on any atom is -0.0622 e. The number of fused-ring (bicyclic) bond motifs is 8. The lowest BCUT2D eigenvalue weighted by Crippen LogP contribution is -1.95. The number of rotatable bonds is 14. The minimum atomic E-state index is 1.19. The fourth-order valence-corrected chi connectivity index (χ4v) is 24.2. The van der Waals surface area contributed by atoms with E-state index in [0.29, 0.717) is 0 Å². The molecule has 0 heterocycles. The van der Waals surface area contributed by atoms with E-state index in [9.17, 15) is 0 Å². The van der Waals surface area contributed by atoms with E-state index in [2.05, 4.69) is 558 Å². The molecular weight excluding hydrogens is 1780 g/mol. The first-order valence-electron chi connectivity index (χ1n) is 51.4. The fraction of sp³-hybridized carbons (Fsp3) is 0. The molecule has 0 aromatic heterocycles. The summed E-state index contributed by atoms with van der Waals surface area (Å²) in [5.41, 5.74) is 34.1. The molecule has 0 aliphatic heterocycles. The van der Waals surface area contributed by atoms with Crippen LogP contribution < -0.4 is 0 Å². The summed E-state index contributed by atoms with van der Waals surface area (Å²) in [7, 11) is 0. The van der Waals surface area contributed by atoms with Crippen LogP contribution in [0.3, 0.4) is 0 Å². The molecule has 0 heteroatoms. The Labute approximate surface area is 858 Å². The van der Waals surface area contributed by atoms with Gasteiger partial charge >= 0.3 is 0 Å². The maximum atomic E-state index is 2.49. The van der Waals surface area contributed by atoms with E-state index in [4.69, 9.17) is 0 Å². The van der Waals surface area contributed by atoms with Crippen molar-refractivity contribution in [2.75, 3.05) is 0 Å². The summed E-state index contributed by atoms with van der Waals surface area (Å²) in [4.78, 5) is 0. The topological polar surface area (TPSA) is 0 Å². The lowest BCUT2D eigenvalue weighted by Gasteiger charge is -2.23. The van der Waals surface area contributed by atoms with Crippen LogP contribution in [0.4, 0.5) is 0 Å². The van der Waals surface area contributed by atoms with Crippen molar-refractivity contribution in [3.63, 3.8) is 0 Å². The molecule has 0 radical (unpaired) electrons. The van der Waals surface area contributed by atoms with Crippen LogP contribution in [0.2, 0.25) is 0 Å². The predicted molar refractivity (Wildman–Crippen MR) is 636 cm³/mol. The Balaban J connectivity index is 0.000000141. The second-order valence-electron chi connectivity index (χ2n) is 39.9. The standard InChI is InChI=1S/C80H50.C68H42/c1-3-17-55(18-4-1)63-39-41-69(67-25-13-11-23-65(63)67)77-49-75(57-33-27-53(28-34-57)61-37-31-51-15-7-9-21-59(51)47-61)71-44-46-74-78(70-42-40-64(56-19-5-2-6-20-56)66-24-12-14-26-68(66)70)50-76(72-43-45-73(77)79(71)80(72)74)58-35-29-54(30-36-58)62-38-32-52-16-8-10-22-60(52)48-62;1-5-13-51-37-55(29-21-43(51)9-1)47-17-25-49(26-18-47)63-41-65(57-31-23-45-11-3-7-15-53(45)39-57)61-36-34-60-64(50-27-19-48(20-28-50)56-30-22-44-10-2-6-14-52(44)38-56)42-66(62-35-33-59(63)67(61)68(60)62)58-32-24-46-12-4-8-16-54(46)40-58/h1-50H;1-42H. The molecule has 0 aliphatic carbocycles. The van der Waals surface area contributed by atoms with Crippen LogP contribution in [-0.2, 0) is 0 Å². The third kappa shape index (κ3) is 14.7. The Kier molecular flexibility index (Phi) is 20.5. The summed E-state index contributed by atoms with van der Waals surface area (Å²) >= 11 is 0. The van der Waals surface area contributed by atoms with Gasteiger partial charge in [0.2, 0.25) is 0 Å². The summed E-state index contributed by atoms with van der Waals surface area (Å²) in [5.74, 6) is 0. The van der Waals surface area contributed by atoms with E-state index < -0.39 is 0 Å². The van der Waals surface area contributed by atoms with Crippen LogP contribution in [0.1, 0.15) is 0 Å². The Morgan fingerprint density at radius 1 is 0.0676 bits per heavy atom. The number of hydrogen-bond donors (Lipinski definition) is 0. The zero-order valence-corrected chi connectivity index (χ0v) is 81.1. The van der Waals surface area contributed by atoms with Gasteiger partial charge in [-0.2, -0.15) is 0 Å². The average Bonchev–Trinajstić information content (AvgIpc) is 0.705. The molecule has 0 saturated heterocycles. The summed E-state index contributed by atoms with van der Waals surface area (Å²) in [6.07, 6.45) is 0. The molecule has 0 bridgehead atoms. The monoisotopic (exact) mass is 1870 g/mol. The van der Waals surface area contributed by atoms with Gasteiger partial charge in [0.05, 0.1) is 0 Å². The first-order chi connectivity index (χ1) is 73.3. The smallest absolute Gasteiger partial charge is 0.00139 e. The largest absolute Gasteiger partial charge is 0.0622 e. The second kappa shape index (κ2) is 35.4. The summed E-state index contributed by atoms with van der Waals surface area (Å²) < 4.78 is 0. The fourth-order valence-electron chi connectivity index (χ4n) is 24.2. The van der Waals surface area contributed by atoms with Crippen molar-refractivity contribution in [2.24, 2.45) is 0 Å². The van der Waals surface area contributed by atoms with E-state index in [1.54, 1.807) is 0 Å². The lowest BCUT2D eigenvalue weighted by molar-refractivity contribution is 1.61. The summed E-state index contributed by atoms with van der Waals surface area (Å²) in [6.45, 7) is 0. The maximum Gasteiger partial charge on any atom is -0.00139 e. The van der Waals surface area contributed by atoms with Crippen molar-refractivity contribution in [2.45, 2.75) is 0 Å². The normalized spacial score (nSPS) is 11.8. The summed E-state index contributed by atoms with van der Waals surface area (Å²) in [5, 5.41) is 35.1. The molecule has 0 unspecified atom stereocenters. The molecule has 148 heavy (non-hydrogen) atoms. The van der Waals surface area contributed by atoms with Gasteiger partial charge in [-0.15, -0.1) is 0 Å². The Hall–Kier alpha value is -19.2. The van der Waals surface area contributed by atoms with Crippen LogP contribution in [0.25, 0.3) is 307 Å². The van der Waals surface area contributed by atoms with Crippen molar-refractivity contribution >= 4 is 151 Å². The minimum absolute atomic E-state index is 1.19. The molecule has 30 rings (SSSR count). The van der Waals surface area contributed by atoms with Crippen LogP contribution >= 0.6 is 0 Å². The number of hydrogen-bond acceptors (Lipinski definition) is 0. The van der Waals surface area contributed by atoms with Gasteiger partial charge in [-0.3, -0.25) is 0 Å². The molecule has 0 saturated carbocycles. The Bertz CT molecular complexity index is 9950.